The first-order chi connectivity index (χ1) is 12.6. The van der Waals surface area contributed by atoms with Gasteiger partial charge in [0.2, 0.25) is 5.91 Å². The Morgan fingerprint density at radius 1 is 1.19 bits per heavy atom. The number of amides is 1. The molecule has 2 aromatic rings. The number of nitrogens with zero attached hydrogens (tertiary/aromatic N) is 3. The topological polar surface area (TPSA) is 59.8 Å². The summed E-state index contributed by atoms with van der Waals surface area (Å²) in [7, 11) is 0. The fourth-order valence-corrected chi connectivity index (χ4v) is 3.86. The van der Waals surface area contributed by atoms with Gasteiger partial charge >= 0.3 is 0 Å². The molecule has 1 heterocycles. The minimum atomic E-state index is 0.0404. The summed E-state index contributed by atoms with van der Waals surface area (Å²) >= 11 is 0. The molecule has 1 aliphatic rings. The highest BCUT2D eigenvalue weighted by Gasteiger charge is 2.20. The number of aromatic nitrogens is 3. The quantitative estimate of drug-likeness (QED) is 0.809. The number of rotatable bonds is 7. The zero-order chi connectivity index (χ0) is 18.4. The number of aryl methyl sites for hydroxylation is 1. The van der Waals surface area contributed by atoms with E-state index in [0.29, 0.717) is 24.8 Å². The van der Waals surface area contributed by atoms with Crippen LogP contribution in [-0.2, 0) is 11.3 Å². The fraction of sp³-hybridized carbons (Fsp3) is 0.571. The predicted molar refractivity (Wildman–Crippen MR) is 103 cm³/mol. The van der Waals surface area contributed by atoms with E-state index < -0.39 is 0 Å². The number of hydrogen-bond donors (Lipinski definition) is 1. The fourth-order valence-electron chi connectivity index (χ4n) is 3.86. The molecule has 0 bridgehead atoms. The lowest BCUT2D eigenvalue weighted by Gasteiger charge is -2.25. The van der Waals surface area contributed by atoms with Crippen molar-refractivity contribution in [1.29, 1.82) is 0 Å². The van der Waals surface area contributed by atoms with Crippen LogP contribution in [0.25, 0.3) is 0 Å². The van der Waals surface area contributed by atoms with Crippen LogP contribution in [-0.4, -0.2) is 20.7 Å². The monoisotopic (exact) mass is 354 g/mol. The van der Waals surface area contributed by atoms with Crippen LogP contribution in [0.2, 0.25) is 0 Å². The molecule has 1 fully saturated rings. The predicted octanol–water partition coefficient (Wildman–Crippen LogP) is 4.23. The third-order valence-electron chi connectivity index (χ3n) is 5.39. The van der Waals surface area contributed by atoms with Crippen LogP contribution in [0, 0.1) is 5.92 Å². The lowest BCUT2D eigenvalue weighted by Crippen LogP contribution is -2.32. The molecule has 1 N–H and O–H groups in total. The summed E-state index contributed by atoms with van der Waals surface area (Å²) in [5, 5.41) is 7.23. The molecule has 5 heteroatoms. The van der Waals surface area contributed by atoms with Crippen LogP contribution in [0.4, 0.5) is 0 Å². The second kappa shape index (κ2) is 8.97. The van der Waals surface area contributed by atoms with Crippen molar-refractivity contribution in [2.45, 2.75) is 70.9 Å². The number of nitrogens with one attached hydrogen (secondary N) is 1. The molecule has 1 atom stereocenters. The Morgan fingerprint density at radius 2 is 1.92 bits per heavy atom. The third-order valence-corrected chi connectivity index (χ3v) is 5.39. The molecule has 3 rings (SSSR count). The SMILES string of the molecule is CC(C)C(NC(=O)CCn1cncn1)c1ccc(C2CCCCC2)cc1. The molecule has 1 aromatic carbocycles. The summed E-state index contributed by atoms with van der Waals surface area (Å²) in [6.07, 6.45) is 10.2. The Balaban J connectivity index is 1.60. The Bertz CT molecular complexity index is 673. The number of benzene rings is 1. The van der Waals surface area contributed by atoms with Gasteiger partial charge in [0.25, 0.3) is 0 Å². The van der Waals surface area contributed by atoms with Gasteiger partial charge in [-0.05, 0) is 35.8 Å². The maximum absolute atomic E-state index is 12.4. The van der Waals surface area contributed by atoms with E-state index in [1.54, 1.807) is 11.0 Å². The van der Waals surface area contributed by atoms with Gasteiger partial charge in [-0.25, -0.2) is 4.98 Å². The van der Waals surface area contributed by atoms with Gasteiger partial charge in [0, 0.05) is 6.42 Å². The smallest absolute Gasteiger partial charge is 0.222 e. The van der Waals surface area contributed by atoms with Crippen molar-refractivity contribution in [3.05, 3.63) is 48.0 Å². The van der Waals surface area contributed by atoms with Gasteiger partial charge in [-0.2, -0.15) is 5.10 Å². The summed E-state index contributed by atoms with van der Waals surface area (Å²) in [6, 6.07) is 8.97. The highest BCUT2D eigenvalue weighted by molar-refractivity contribution is 5.76. The summed E-state index contributed by atoms with van der Waals surface area (Å²) < 4.78 is 1.68. The molecule has 1 saturated carbocycles. The molecule has 5 nitrogen and oxygen atoms in total. The molecule has 1 aromatic heterocycles. The van der Waals surface area contributed by atoms with E-state index in [0.717, 1.165) is 0 Å². The maximum Gasteiger partial charge on any atom is 0.222 e. The van der Waals surface area contributed by atoms with E-state index in [9.17, 15) is 4.79 Å². The van der Waals surface area contributed by atoms with Crippen molar-refractivity contribution in [2.75, 3.05) is 0 Å². The third kappa shape index (κ3) is 4.93. The van der Waals surface area contributed by atoms with Crippen molar-refractivity contribution in [2.24, 2.45) is 5.92 Å². The Morgan fingerprint density at radius 3 is 2.54 bits per heavy atom. The van der Waals surface area contributed by atoms with Gasteiger partial charge in [-0.1, -0.05) is 57.4 Å². The molecule has 0 spiro atoms. The van der Waals surface area contributed by atoms with Crippen molar-refractivity contribution < 1.29 is 4.79 Å². The van der Waals surface area contributed by atoms with Gasteiger partial charge in [0.15, 0.2) is 0 Å². The van der Waals surface area contributed by atoms with Crippen LogP contribution in [0.5, 0.6) is 0 Å². The summed E-state index contributed by atoms with van der Waals surface area (Å²) in [4.78, 5) is 16.3. The maximum atomic E-state index is 12.4. The van der Waals surface area contributed by atoms with Crippen LogP contribution in [0.1, 0.15) is 75.5 Å². The van der Waals surface area contributed by atoms with Crippen LogP contribution < -0.4 is 5.32 Å². The first-order valence-electron chi connectivity index (χ1n) is 9.85. The Hall–Kier alpha value is -2.17. The Labute approximate surface area is 156 Å². The summed E-state index contributed by atoms with van der Waals surface area (Å²) in [5.41, 5.74) is 2.64. The van der Waals surface area contributed by atoms with Crippen LogP contribution in [0.3, 0.4) is 0 Å². The van der Waals surface area contributed by atoms with Crippen LogP contribution >= 0.6 is 0 Å². The van der Waals surface area contributed by atoms with Gasteiger partial charge in [-0.15, -0.1) is 0 Å². The molecular weight excluding hydrogens is 324 g/mol. The van der Waals surface area contributed by atoms with Crippen molar-refractivity contribution in [3.8, 4) is 0 Å². The average Bonchev–Trinajstić information content (AvgIpc) is 3.19. The van der Waals surface area contributed by atoms with Gasteiger partial charge in [0.1, 0.15) is 12.7 Å². The molecule has 0 aliphatic heterocycles. The highest BCUT2D eigenvalue weighted by Crippen LogP contribution is 2.33. The zero-order valence-electron chi connectivity index (χ0n) is 15.9. The molecule has 26 heavy (non-hydrogen) atoms. The van der Waals surface area contributed by atoms with E-state index in [1.165, 1.54) is 49.6 Å². The van der Waals surface area contributed by atoms with E-state index in [2.05, 4.69) is 53.5 Å². The van der Waals surface area contributed by atoms with Gasteiger partial charge < -0.3 is 5.32 Å². The van der Waals surface area contributed by atoms with Gasteiger partial charge in [0.05, 0.1) is 12.6 Å². The second-order valence-electron chi connectivity index (χ2n) is 7.70. The van der Waals surface area contributed by atoms with E-state index in [-0.39, 0.29) is 11.9 Å². The summed E-state index contributed by atoms with van der Waals surface area (Å²) in [6.45, 7) is 4.85. The molecule has 1 unspecified atom stereocenters. The van der Waals surface area contributed by atoms with Crippen molar-refractivity contribution in [3.63, 3.8) is 0 Å². The highest BCUT2D eigenvalue weighted by atomic mass is 16.1. The lowest BCUT2D eigenvalue weighted by atomic mass is 9.83. The standard InChI is InChI=1S/C21H30N4O/c1-16(2)21(24-20(26)12-13-25-15-22-14-23-25)19-10-8-18(9-11-19)17-6-4-3-5-7-17/h8-11,14-17,21H,3-7,12-13H2,1-2H3,(H,24,26). The molecule has 140 valence electrons. The molecular formula is C21H30N4O. The van der Waals surface area contributed by atoms with Gasteiger partial charge in [-0.3, -0.25) is 9.48 Å². The van der Waals surface area contributed by atoms with Crippen molar-refractivity contribution >= 4 is 5.91 Å². The minimum absolute atomic E-state index is 0.0404. The molecule has 0 saturated heterocycles. The molecule has 0 radical (unpaired) electrons. The van der Waals surface area contributed by atoms with E-state index in [1.807, 2.05) is 0 Å². The van der Waals surface area contributed by atoms with Crippen molar-refractivity contribution in [1.82, 2.24) is 20.1 Å². The number of carbonyl (C=O) groups excluding carboxylic acids is 1. The second-order valence-corrected chi connectivity index (χ2v) is 7.70. The lowest BCUT2D eigenvalue weighted by molar-refractivity contribution is -0.122. The molecule has 1 amide bonds. The minimum Gasteiger partial charge on any atom is -0.349 e. The number of carbonyl (C=O) groups is 1. The largest absolute Gasteiger partial charge is 0.349 e. The first-order valence-corrected chi connectivity index (χ1v) is 9.85. The average molecular weight is 354 g/mol. The Kier molecular flexibility index (Phi) is 6.42. The normalized spacial score (nSPS) is 16.6. The van der Waals surface area contributed by atoms with Crippen LogP contribution in [0.15, 0.2) is 36.9 Å². The van der Waals surface area contributed by atoms with E-state index >= 15 is 0 Å². The summed E-state index contributed by atoms with van der Waals surface area (Å²) in [5.74, 6) is 1.11. The first kappa shape index (κ1) is 18.6. The zero-order valence-corrected chi connectivity index (χ0v) is 15.9. The van der Waals surface area contributed by atoms with E-state index in [4.69, 9.17) is 0 Å². The number of hydrogen-bond acceptors (Lipinski definition) is 3. The molecule has 1 aliphatic carbocycles.